The number of carbonyl (C=O) groups is 1. The molecule has 23 heavy (non-hydrogen) atoms. The van der Waals surface area contributed by atoms with Crippen molar-refractivity contribution in [2.45, 2.75) is 20.4 Å². The molecule has 0 fully saturated rings. The quantitative estimate of drug-likeness (QED) is 0.805. The predicted octanol–water partition coefficient (Wildman–Crippen LogP) is 2.53. The Balaban J connectivity index is 1.70. The molecule has 0 radical (unpaired) electrons. The summed E-state index contributed by atoms with van der Waals surface area (Å²) in [6, 6.07) is 11.8. The zero-order valence-corrected chi connectivity index (χ0v) is 13.4. The summed E-state index contributed by atoms with van der Waals surface area (Å²) in [6.07, 6.45) is 1.85. The molecule has 118 valence electrons. The molecule has 6 heteroatoms. The lowest BCUT2D eigenvalue weighted by atomic mass is 10.1. The Morgan fingerprint density at radius 1 is 1.17 bits per heavy atom. The first-order valence-electron chi connectivity index (χ1n) is 7.42. The molecular formula is C17H19N5O. The standard InChI is InChI=1S/C17H19N5O/c1-12-5-4-6-14(9-12)11-22-8-7-16(20-22)18-17(23)15-10-13(2)19-21(15)3/h4-10H,11H2,1-3H3,(H,18,20,23). The van der Waals surface area contributed by atoms with Crippen LogP contribution in [0.4, 0.5) is 5.82 Å². The van der Waals surface area contributed by atoms with Crippen LogP contribution in [0.2, 0.25) is 0 Å². The summed E-state index contributed by atoms with van der Waals surface area (Å²) in [5.74, 6) is 0.315. The minimum absolute atomic E-state index is 0.214. The SMILES string of the molecule is Cc1cccc(Cn2ccc(NC(=O)c3cc(C)nn3C)n2)c1. The lowest BCUT2D eigenvalue weighted by molar-refractivity contribution is 0.101. The van der Waals surface area contributed by atoms with Gasteiger partial charge >= 0.3 is 0 Å². The third kappa shape index (κ3) is 3.48. The molecule has 0 aliphatic carbocycles. The van der Waals surface area contributed by atoms with Gasteiger partial charge in [0.25, 0.3) is 5.91 Å². The summed E-state index contributed by atoms with van der Waals surface area (Å²) in [4.78, 5) is 12.2. The van der Waals surface area contributed by atoms with Gasteiger partial charge in [-0.05, 0) is 25.5 Å². The van der Waals surface area contributed by atoms with Gasteiger partial charge in [-0.25, -0.2) is 0 Å². The van der Waals surface area contributed by atoms with Crippen LogP contribution >= 0.6 is 0 Å². The maximum absolute atomic E-state index is 12.2. The van der Waals surface area contributed by atoms with Crippen molar-refractivity contribution in [3.63, 3.8) is 0 Å². The van der Waals surface area contributed by atoms with E-state index in [1.54, 1.807) is 28.5 Å². The number of rotatable bonds is 4. The molecule has 3 rings (SSSR count). The van der Waals surface area contributed by atoms with Gasteiger partial charge in [0.2, 0.25) is 0 Å². The number of aromatic nitrogens is 4. The van der Waals surface area contributed by atoms with E-state index < -0.39 is 0 Å². The maximum Gasteiger partial charge on any atom is 0.275 e. The monoisotopic (exact) mass is 309 g/mol. The topological polar surface area (TPSA) is 64.7 Å². The van der Waals surface area contributed by atoms with Crippen molar-refractivity contribution >= 4 is 11.7 Å². The maximum atomic E-state index is 12.2. The normalized spacial score (nSPS) is 10.7. The van der Waals surface area contributed by atoms with E-state index in [1.165, 1.54) is 11.1 Å². The van der Waals surface area contributed by atoms with E-state index >= 15 is 0 Å². The Labute approximate surface area is 134 Å². The molecule has 0 bridgehead atoms. The third-order valence-corrected chi connectivity index (χ3v) is 3.54. The average molecular weight is 309 g/mol. The van der Waals surface area contributed by atoms with Crippen molar-refractivity contribution in [1.29, 1.82) is 0 Å². The van der Waals surface area contributed by atoms with Gasteiger partial charge < -0.3 is 5.32 Å². The molecule has 0 atom stereocenters. The predicted molar refractivity (Wildman–Crippen MR) is 88.4 cm³/mol. The van der Waals surface area contributed by atoms with Crippen LogP contribution in [0, 0.1) is 13.8 Å². The minimum Gasteiger partial charge on any atom is -0.304 e. The van der Waals surface area contributed by atoms with Gasteiger partial charge in [0.15, 0.2) is 5.82 Å². The Morgan fingerprint density at radius 2 is 2.00 bits per heavy atom. The van der Waals surface area contributed by atoms with Gasteiger partial charge in [0.05, 0.1) is 12.2 Å². The van der Waals surface area contributed by atoms with Crippen LogP contribution in [0.1, 0.15) is 27.3 Å². The summed E-state index contributed by atoms with van der Waals surface area (Å²) < 4.78 is 3.37. The molecule has 2 aromatic heterocycles. The van der Waals surface area contributed by atoms with E-state index in [0.717, 1.165) is 5.69 Å². The van der Waals surface area contributed by atoms with Gasteiger partial charge in [-0.1, -0.05) is 29.8 Å². The fourth-order valence-corrected chi connectivity index (χ4v) is 2.52. The molecular weight excluding hydrogens is 290 g/mol. The zero-order chi connectivity index (χ0) is 16.4. The fraction of sp³-hybridized carbons (Fsp3) is 0.235. The highest BCUT2D eigenvalue weighted by Crippen LogP contribution is 2.10. The highest BCUT2D eigenvalue weighted by molar-refractivity contribution is 6.02. The van der Waals surface area contributed by atoms with Crippen molar-refractivity contribution in [1.82, 2.24) is 19.6 Å². The molecule has 0 aliphatic rings. The summed E-state index contributed by atoms with van der Waals surface area (Å²) >= 11 is 0. The number of aryl methyl sites for hydroxylation is 3. The van der Waals surface area contributed by atoms with Crippen LogP contribution in [0.5, 0.6) is 0 Å². The van der Waals surface area contributed by atoms with E-state index in [9.17, 15) is 4.79 Å². The first-order chi connectivity index (χ1) is 11.0. The molecule has 0 unspecified atom stereocenters. The van der Waals surface area contributed by atoms with Gasteiger partial charge in [-0.15, -0.1) is 0 Å². The highest BCUT2D eigenvalue weighted by Gasteiger charge is 2.13. The van der Waals surface area contributed by atoms with Crippen molar-refractivity contribution < 1.29 is 4.79 Å². The second-order valence-corrected chi connectivity index (χ2v) is 5.64. The molecule has 0 saturated carbocycles. The van der Waals surface area contributed by atoms with E-state index in [4.69, 9.17) is 0 Å². The zero-order valence-electron chi connectivity index (χ0n) is 13.4. The summed E-state index contributed by atoms with van der Waals surface area (Å²) in [6.45, 7) is 4.59. The fourth-order valence-electron chi connectivity index (χ4n) is 2.52. The summed E-state index contributed by atoms with van der Waals surface area (Å²) in [5.41, 5.74) is 3.71. The van der Waals surface area contributed by atoms with Crippen LogP contribution in [0.3, 0.4) is 0 Å². The van der Waals surface area contributed by atoms with Crippen LogP contribution in [0.15, 0.2) is 42.6 Å². The largest absolute Gasteiger partial charge is 0.304 e. The first kappa shape index (κ1) is 15.0. The number of carbonyl (C=O) groups excluding carboxylic acids is 1. The number of amides is 1. The number of nitrogens with zero attached hydrogens (tertiary/aromatic N) is 4. The number of benzene rings is 1. The Bertz CT molecular complexity index is 846. The molecule has 0 saturated heterocycles. The van der Waals surface area contributed by atoms with Crippen LogP contribution in [0.25, 0.3) is 0 Å². The van der Waals surface area contributed by atoms with Gasteiger partial charge in [0, 0.05) is 19.3 Å². The molecule has 6 nitrogen and oxygen atoms in total. The Kier molecular flexibility index (Phi) is 3.97. The number of hydrogen-bond acceptors (Lipinski definition) is 3. The van der Waals surface area contributed by atoms with Crippen molar-refractivity contribution in [2.75, 3.05) is 5.32 Å². The Morgan fingerprint density at radius 3 is 2.70 bits per heavy atom. The summed E-state index contributed by atoms with van der Waals surface area (Å²) in [7, 11) is 1.75. The molecule has 1 N–H and O–H groups in total. The molecule has 1 aromatic carbocycles. The molecule has 2 heterocycles. The second-order valence-electron chi connectivity index (χ2n) is 5.64. The number of anilines is 1. The molecule has 1 amide bonds. The van der Waals surface area contributed by atoms with Gasteiger partial charge in [0.1, 0.15) is 5.69 Å². The lowest BCUT2D eigenvalue weighted by Gasteiger charge is -2.04. The molecule has 3 aromatic rings. The van der Waals surface area contributed by atoms with Crippen LogP contribution in [-0.4, -0.2) is 25.5 Å². The van der Waals surface area contributed by atoms with E-state index in [-0.39, 0.29) is 5.91 Å². The lowest BCUT2D eigenvalue weighted by Crippen LogP contribution is -2.16. The highest BCUT2D eigenvalue weighted by atomic mass is 16.2. The van der Waals surface area contributed by atoms with E-state index in [0.29, 0.717) is 18.1 Å². The van der Waals surface area contributed by atoms with Crippen LogP contribution in [-0.2, 0) is 13.6 Å². The smallest absolute Gasteiger partial charge is 0.275 e. The minimum atomic E-state index is -0.214. The van der Waals surface area contributed by atoms with Crippen molar-refractivity contribution in [3.8, 4) is 0 Å². The van der Waals surface area contributed by atoms with Gasteiger partial charge in [-0.2, -0.15) is 10.2 Å². The van der Waals surface area contributed by atoms with Crippen molar-refractivity contribution in [3.05, 3.63) is 65.1 Å². The van der Waals surface area contributed by atoms with Crippen molar-refractivity contribution in [2.24, 2.45) is 7.05 Å². The van der Waals surface area contributed by atoms with Gasteiger partial charge in [-0.3, -0.25) is 14.2 Å². The van der Waals surface area contributed by atoms with E-state index in [2.05, 4.69) is 40.6 Å². The summed E-state index contributed by atoms with van der Waals surface area (Å²) in [5, 5.41) is 11.4. The third-order valence-electron chi connectivity index (χ3n) is 3.54. The van der Waals surface area contributed by atoms with Crippen LogP contribution < -0.4 is 5.32 Å². The second kappa shape index (κ2) is 6.08. The number of nitrogens with one attached hydrogen (secondary N) is 1. The molecule has 0 aliphatic heterocycles. The van der Waals surface area contributed by atoms with E-state index in [1.807, 2.05) is 19.2 Å². The first-order valence-corrected chi connectivity index (χ1v) is 7.42. The number of hydrogen-bond donors (Lipinski definition) is 1. The average Bonchev–Trinajstić information content (AvgIpc) is 3.05. The molecule has 0 spiro atoms. The Hall–Kier alpha value is -2.89.